The lowest BCUT2D eigenvalue weighted by molar-refractivity contribution is 0.255. The van der Waals surface area contributed by atoms with Crippen LogP contribution in [0, 0.1) is 11.3 Å². The first kappa shape index (κ1) is 11.1. The first-order valence-corrected chi connectivity index (χ1v) is 5.93. The Kier molecular flexibility index (Phi) is 3.90. The van der Waals surface area contributed by atoms with Crippen LogP contribution in [0.1, 0.15) is 37.3 Å². The van der Waals surface area contributed by atoms with Crippen LogP contribution in [0.2, 0.25) is 0 Å². The minimum atomic E-state index is 0.521. The van der Waals surface area contributed by atoms with Crippen molar-refractivity contribution in [1.82, 2.24) is 9.88 Å². The number of aromatic nitrogens is 1. The van der Waals surface area contributed by atoms with Gasteiger partial charge in [0, 0.05) is 24.9 Å². The fraction of sp³-hybridized carbons (Fsp3) is 0.538. The van der Waals surface area contributed by atoms with Crippen molar-refractivity contribution in [2.24, 2.45) is 0 Å². The van der Waals surface area contributed by atoms with Crippen LogP contribution in [0.3, 0.4) is 0 Å². The van der Waals surface area contributed by atoms with Gasteiger partial charge in [0.05, 0.1) is 6.07 Å². The Morgan fingerprint density at radius 2 is 2.50 bits per heavy atom. The first-order valence-electron chi connectivity index (χ1n) is 5.93. The molecule has 1 aliphatic heterocycles. The number of unbranched alkanes of at least 4 members (excludes halogenated alkanes) is 1. The van der Waals surface area contributed by atoms with Crippen LogP contribution in [-0.2, 0) is 0 Å². The summed E-state index contributed by atoms with van der Waals surface area (Å²) in [7, 11) is 0. The van der Waals surface area contributed by atoms with Gasteiger partial charge in [0.2, 0.25) is 0 Å². The Balaban J connectivity index is 1.96. The van der Waals surface area contributed by atoms with Crippen LogP contribution >= 0.6 is 0 Å². The highest BCUT2D eigenvalue weighted by atomic mass is 15.2. The maximum absolute atomic E-state index is 8.54. The molecule has 1 unspecified atom stereocenters. The van der Waals surface area contributed by atoms with Crippen LogP contribution in [0.5, 0.6) is 0 Å². The van der Waals surface area contributed by atoms with Crippen molar-refractivity contribution in [2.45, 2.75) is 31.7 Å². The summed E-state index contributed by atoms with van der Waals surface area (Å²) in [5, 5.41) is 8.54. The van der Waals surface area contributed by atoms with Crippen LogP contribution in [0.4, 0.5) is 0 Å². The summed E-state index contributed by atoms with van der Waals surface area (Å²) in [5.74, 6) is 0. The zero-order valence-electron chi connectivity index (χ0n) is 9.47. The van der Waals surface area contributed by atoms with Crippen LogP contribution in [0.25, 0.3) is 0 Å². The van der Waals surface area contributed by atoms with Gasteiger partial charge in [-0.1, -0.05) is 6.07 Å². The van der Waals surface area contributed by atoms with Gasteiger partial charge in [-0.15, -0.1) is 0 Å². The van der Waals surface area contributed by atoms with Gasteiger partial charge in [-0.2, -0.15) is 5.26 Å². The molecule has 2 heterocycles. The number of hydrogen-bond donors (Lipinski definition) is 0. The van der Waals surface area contributed by atoms with Gasteiger partial charge in [-0.25, -0.2) is 0 Å². The summed E-state index contributed by atoms with van der Waals surface area (Å²) in [5.41, 5.74) is 1.32. The zero-order chi connectivity index (χ0) is 11.2. The summed E-state index contributed by atoms with van der Waals surface area (Å²) in [6.45, 7) is 2.19. The molecule has 0 saturated carbocycles. The van der Waals surface area contributed by atoms with E-state index in [1.54, 1.807) is 0 Å². The fourth-order valence-corrected chi connectivity index (χ4v) is 2.41. The maximum atomic E-state index is 8.54. The predicted octanol–water partition coefficient (Wildman–Crippen LogP) is 2.52. The second-order valence-corrected chi connectivity index (χ2v) is 4.24. The standard InChI is InChI=1S/C13H17N3/c14-7-1-2-9-16-10-4-6-13(16)12-5-3-8-15-11-12/h3,5,8,11,13H,1-2,4,6,9-10H2. The number of nitriles is 1. The van der Waals surface area contributed by atoms with Crippen molar-refractivity contribution in [3.63, 3.8) is 0 Å². The summed E-state index contributed by atoms with van der Waals surface area (Å²) in [4.78, 5) is 6.66. The Labute approximate surface area is 96.7 Å². The molecule has 0 aromatic carbocycles. The molecular weight excluding hydrogens is 198 g/mol. The molecule has 3 nitrogen and oxygen atoms in total. The molecular formula is C13H17N3. The number of likely N-dealkylation sites (tertiary alicyclic amines) is 1. The Hall–Kier alpha value is -1.40. The normalized spacial score (nSPS) is 20.8. The first-order chi connectivity index (χ1) is 7.92. The minimum absolute atomic E-state index is 0.521. The van der Waals surface area contributed by atoms with Gasteiger partial charge in [-0.05, 0) is 44.0 Å². The largest absolute Gasteiger partial charge is 0.296 e. The van der Waals surface area contributed by atoms with Gasteiger partial charge < -0.3 is 0 Å². The molecule has 1 fully saturated rings. The molecule has 0 spiro atoms. The summed E-state index contributed by atoms with van der Waals surface area (Å²) >= 11 is 0. The Morgan fingerprint density at radius 1 is 1.56 bits per heavy atom. The number of hydrogen-bond acceptors (Lipinski definition) is 3. The van der Waals surface area contributed by atoms with Gasteiger partial charge in [0.1, 0.15) is 0 Å². The van der Waals surface area contributed by atoms with Crippen LogP contribution in [0.15, 0.2) is 24.5 Å². The molecule has 3 heteroatoms. The van der Waals surface area contributed by atoms with Gasteiger partial charge in [0.25, 0.3) is 0 Å². The third-order valence-electron chi connectivity index (χ3n) is 3.17. The number of rotatable bonds is 4. The molecule has 84 valence electrons. The smallest absolute Gasteiger partial charge is 0.0622 e. The van der Waals surface area contributed by atoms with E-state index in [0.717, 1.165) is 19.5 Å². The molecule has 16 heavy (non-hydrogen) atoms. The molecule has 0 radical (unpaired) electrons. The predicted molar refractivity (Wildman–Crippen MR) is 62.6 cm³/mol. The van der Waals surface area contributed by atoms with Crippen molar-refractivity contribution >= 4 is 0 Å². The van der Waals surface area contributed by atoms with E-state index in [2.05, 4.69) is 22.0 Å². The molecule has 1 saturated heterocycles. The SMILES string of the molecule is N#CCCCN1CCCC1c1cccnc1. The molecule has 2 rings (SSSR count). The average Bonchev–Trinajstić information content (AvgIpc) is 2.79. The Morgan fingerprint density at radius 3 is 3.25 bits per heavy atom. The quantitative estimate of drug-likeness (QED) is 0.724. The van der Waals surface area contributed by atoms with Crippen LogP contribution in [-0.4, -0.2) is 23.0 Å². The summed E-state index contributed by atoms with van der Waals surface area (Å²) < 4.78 is 0. The van der Waals surface area contributed by atoms with Gasteiger partial charge in [-0.3, -0.25) is 9.88 Å². The zero-order valence-corrected chi connectivity index (χ0v) is 9.47. The lowest BCUT2D eigenvalue weighted by atomic mass is 10.1. The van der Waals surface area contributed by atoms with Crippen LogP contribution < -0.4 is 0 Å². The minimum Gasteiger partial charge on any atom is -0.296 e. The molecule has 0 N–H and O–H groups in total. The fourth-order valence-electron chi connectivity index (χ4n) is 2.41. The van der Waals surface area contributed by atoms with E-state index in [0.29, 0.717) is 12.5 Å². The van der Waals surface area contributed by atoms with Crippen molar-refractivity contribution < 1.29 is 0 Å². The molecule has 1 aromatic heterocycles. The van der Waals surface area contributed by atoms with E-state index >= 15 is 0 Å². The Bertz CT molecular complexity index is 355. The number of pyridine rings is 1. The topological polar surface area (TPSA) is 39.9 Å². The van der Waals surface area contributed by atoms with E-state index in [1.807, 2.05) is 18.5 Å². The third kappa shape index (κ3) is 2.59. The molecule has 0 bridgehead atoms. The van der Waals surface area contributed by atoms with E-state index in [1.165, 1.54) is 18.4 Å². The maximum Gasteiger partial charge on any atom is 0.0622 e. The van der Waals surface area contributed by atoms with Crippen molar-refractivity contribution in [3.8, 4) is 6.07 Å². The highest BCUT2D eigenvalue weighted by Crippen LogP contribution is 2.31. The van der Waals surface area contributed by atoms with E-state index in [4.69, 9.17) is 5.26 Å². The van der Waals surface area contributed by atoms with Crippen molar-refractivity contribution in [2.75, 3.05) is 13.1 Å². The lowest BCUT2D eigenvalue weighted by Crippen LogP contribution is -2.24. The summed E-state index contributed by atoms with van der Waals surface area (Å²) in [6.07, 6.45) is 7.90. The van der Waals surface area contributed by atoms with E-state index < -0.39 is 0 Å². The molecule has 1 aliphatic rings. The van der Waals surface area contributed by atoms with Gasteiger partial charge in [0.15, 0.2) is 0 Å². The highest BCUT2D eigenvalue weighted by molar-refractivity contribution is 5.15. The second-order valence-electron chi connectivity index (χ2n) is 4.24. The van der Waals surface area contributed by atoms with Gasteiger partial charge >= 0.3 is 0 Å². The third-order valence-corrected chi connectivity index (χ3v) is 3.17. The molecule has 1 atom stereocenters. The van der Waals surface area contributed by atoms with Crippen molar-refractivity contribution in [1.29, 1.82) is 5.26 Å². The second kappa shape index (κ2) is 5.62. The summed E-state index contributed by atoms with van der Waals surface area (Å²) in [6, 6.07) is 6.88. The molecule has 1 aromatic rings. The van der Waals surface area contributed by atoms with E-state index in [9.17, 15) is 0 Å². The lowest BCUT2D eigenvalue weighted by Gasteiger charge is -2.23. The number of nitrogens with zero attached hydrogens (tertiary/aromatic N) is 3. The van der Waals surface area contributed by atoms with E-state index in [-0.39, 0.29) is 0 Å². The molecule has 0 aliphatic carbocycles. The highest BCUT2D eigenvalue weighted by Gasteiger charge is 2.25. The molecule has 0 amide bonds. The van der Waals surface area contributed by atoms with Crippen molar-refractivity contribution in [3.05, 3.63) is 30.1 Å². The average molecular weight is 215 g/mol. The monoisotopic (exact) mass is 215 g/mol.